The topological polar surface area (TPSA) is 0 Å². The molecule has 0 aromatic heterocycles. The van der Waals surface area contributed by atoms with Crippen molar-refractivity contribution in [2.45, 2.75) is 74.3 Å². The number of rotatable bonds is 9. The summed E-state index contributed by atoms with van der Waals surface area (Å²) in [7, 11) is 0. The van der Waals surface area contributed by atoms with E-state index in [0.29, 0.717) is 0 Å². The molecule has 0 rings (SSSR count). The molecule has 0 heterocycles. The molecule has 0 aliphatic rings. The second-order valence-electron chi connectivity index (χ2n) is 6.28. The van der Waals surface area contributed by atoms with Crippen molar-refractivity contribution in [2.75, 3.05) is 0 Å². The molecule has 0 nitrogen and oxygen atoms in total. The molecule has 0 aromatic carbocycles. The van der Waals surface area contributed by atoms with Gasteiger partial charge in [-0.2, -0.15) is 74.6 Å². The average Bonchev–Trinajstić information content (AvgIpc) is 2.57. The van der Waals surface area contributed by atoms with Gasteiger partial charge in [0.05, 0.1) is 0 Å². The highest BCUT2D eigenvalue weighted by molar-refractivity contribution is 5.15. The van der Waals surface area contributed by atoms with E-state index in [2.05, 4.69) is 0 Å². The highest BCUT2D eigenvalue weighted by Gasteiger charge is 2.95. The van der Waals surface area contributed by atoms with E-state index < -0.39 is 60.5 Å². The van der Waals surface area contributed by atoms with Gasteiger partial charge in [-0.05, 0) is 20.3 Å². The predicted molar refractivity (Wildman–Crippen MR) is 69.3 cm³/mol. The molecule has 0 bridgehead atoms. The summed E-state index contributed by atoms with van der Waals surface area (Å²) in [5.41, 5.74) is -0.229. The Hall–Kier alpha value is -1.45. The summed E-state index contributed by atoms with van der Waals surface area (Å²) in [5, 5.41) is 0. The first kappa shape index (κ1) is 29.5. The summed E-state index contributed by atoms with van der Waals surface area (Å²) in [6, 6.07) is 0. The second kappa shape index (κ2) is 7.85. The third kappa shape index (κ3) is 4.16. The van der Waals surface area contributed by atoms with Crippen LogP contribution >= 0.6 is 0 Å². The summed E-state index contributed by atoms with van der Waals surface area (Å²) in [5.74, 6) is -55.8. The minimum absolute atomic E-state index is 0.229. The summed E-state index contributed by atoms with van der Waals surface area (Å²) in [6.45, 7) is 2.08. The fraction of sp³-hybridized carbons (Fsp3) is 0.857. The predicted octanol–water partition coefficient (Wildman–Crippen LogP) is 7.74. The minimum atomic E-state index is -8.58. The highest BCUT2D eigenvalue weighted by Crippen LogP contribution is 2.64. The van der Waals surface area contributed by atoms with Crippen LogP contribution < -0.4 is 0 Å². The average molecular weight is 502 g/mol. The van der Waals surface area contributed by atoms with Crippen LogP contribution in [0, 0.1) is 0 Å². The molecule has 0 aromatic rings. The van der Waals surface area contributed by atoms with E-state index in [9.17, 15) is 74.6 Å². The maximum absolute atomic E-state index is 13.5. The number of alkyl halides is 17. The quantitative estimate of drug-likeness (QED) is 0.224. The van der Waals surface area contributed by atoms with Crippen LogP contribution in [0.25, 0.3) is 0 Å². The largest absolute Gasteiger partial charge is 0.460 e. The van der Waals surface area contributed by atoms with Crippen molar-refractivity contribution in [3.8, 4) is 0 Å². The molecule has 0 spiro atoms. The van der Waals surface area contributed by atoms with Gasteiger partial charge in [-0.25, -0.2) is 0 Å². The van der Waals surface area contributed by atoms with Gasteiger partial charge in [0.1, 0.15) is 0 Å². The Labute approximate surface area is 162 Å². The van der Waals surface area contributed by atoms with Crippen LogP contribution in [0.4, 0.5) is 74.6 Å². The lowest BCUT2D eigenvalue weighted by molar-refractivity contribution is -0.461. The van der Waals surface area contributed by atoms with Gasteiger partial charge in [0.15, 0.2) is 0 Å². The Kier molecular flexibility index (Phi) is 7.48. The van der Waals surface area contributed by atoms with Crippen molar-refractivity contribution < 1.29 is 74.6 Å². The molecule has 0 N–H and O–H groups in total. The Morgan fingerprint density at radius 1 is 0.516 bits per heavy atom. The van der Waals surface area contributed by atoms with Gasteiger partial charge >= 0.3 is 47.6 Å². The molecule has 0 unspecified atom stereocenters. The maximum atomic E-state index is 13.5. The number of hydrogen-bond donors (Lipinski definition) is 0. The van der Waals surface area contributed by atoms with Gasteiger partial charge in [-0.15, -0.1) is 0 Å². The van der Waals surface area contributed by atoms with Crippen LogP contribution in [0.2, 0.25) is 0 Å². The van der Waals surface area contributed by atoms with Gasteiger partial charge in [0, 0.05) is 6.42 Å². The van der Waals surface area contributed by atoms with Crippen LogP contribution in [-0.2, 0) is 0 Å². The maximum Gasteiger partial charge on any atom is 0.460 e. The molecule has 0 saturated carbocycles. The molecule has 31 heavy (non-hydrogen) atoms. The smallest absolute Gasteiger partial charge is 0.200 e. The Morgan fingerprint density at radius 3 is 1.10 bits per heavy atom. The fourth-order valence-electron chi connectivity index (χ4n) is 1.85. The normalized spacial score (nSPS) is 16.7. The van der Waals surface area contributed by atoms with E-state index >= 15 is 0 Å². The molecular weight excluding hydrogens is 491 g/mol. The Balaban J connectivity index is 6.56. The zero-order valence-electron chi connectivity index (χ0n) is 14.9. The van der Waals surface area contributed by atoms with E-state index in [1.54, 1.807) is 0 Å². The first-order valence-electron chi connectivity index (χ1n) is 7.54. The van der Waals surface area contributed by atoms with Crippen molar-refractivity contribution in [3.63, 3.8) is 0 Å². The lowest BCUT2D eigenvalue weighted by Crippen LogP contribution is -2.74. The van der Waals surface area contributed by atoms with E-state index in [1.165, 1.54) is 0 Å². The monoisotopic (exact) mass is 502 g/mol. The van der Waals surface area contributed by atoms with Crippen LogP contribution in [0.3, 0.4) is 0 Å². The van der Waals surface area contributed by atoms with Crippen molar-refractivity contribution >= 4 is 0 Å². The van der Waals surface area contributed by atoms with Crippen LogP contribution in [-0.4, -0.2) is 47.6 Å². The van der Waals surface area contributed by atoms with Crippen LogP contribution in [0.1, 0.15) is 26.7 Å². The third-order valence-electron chi connectivity index (χ3n) is 4.11. The first-order chi connectivity index (χ1) is 13.2. The lowest BCUT2D eigenvalue weighted by atomic mass is 9.87. The molecule has 17 heteroatoms. The molecule has 0 saturated heterocycles. The molecule has 0 aliphatic heterocycles. The van der Waals surface area contributed by atoms with Gasteiger partial charge in [0.2, 0.25) is 0 Å². The van der Waals surface area contributed by atoms with Crippen LogP contribution in [0.5, 0.6) is 0 Å². The zero-order valence-corrected chi connectivity index (χ0v) is 14.9. The van der Waals surface area contributed by atoms with Gasteiger partial charge in [0.25, 0.3) is 0 Å². The number of halogens is 17. The van der Waals surface area contributed by atoms with E-state index in [0.717, 1.165) is 19.9 Å². The zero-order chi connectivity index (χ0) is 25.7. The molecular formula is C14H11F17. The van der Waals surface area contributed by atoms with Gasteiger partial charge in [-0.1, -0.05) is 11.6 Å². The van der Waals surface area contributed by atoms with E-state index in [4.69, 9.17) is 0 Å². The Bertz CT molecular complexity index is 667. The highest BCUT2D eigenvalue weighted by atomic mass is 19.4. The second-order valence-corrected chi connectivity index (χ2v) is 6.28. The lowest BCUT2D eigenvalue weighted by Gasteiger charge is -2.42. The van der Waals surface area contributed by atoms with E-state index in [-0.39, 0.29) is 5.57 Å². The minimum Gasteiger partial charge on any atom is -0.200 e. The summed E-state index contributed by atoms with van der Waals surface area (Å²) < 4.78 is 221. The van der Waals surface area contributed by atoms with Crippen molar-refractivity contribution in [1.82, 2.24) is 0 Å². The Morgan fingerprint density at radius 2 is 0.806 bits per heavy atom. The summed E-state index contributed by atoms with van der Waals surface area (Å²) in [4.78, 5) is 0. The standard InChI is InChI=1S/C14H11F17/c1-3-6(2)4-5-7(15,16)8(17,18)9(19,20)10(21,22)11(23,24)12(25,26)13(27,28)14(29,30)31/h3H,4-5H2,1-2H3. The molecule has 0 amide bonds. The number of allylic oxidation sites excluding steroid dienone is 2. The molecule has 186 valence electrons. The van der Waals surface area contributed by atoms with Crippen LogP contribution in [0.15, 0.2) is 11.6 Å². The fourth-order valence-corrected chi connectivity index (χ4v) is 1.85. The molecule has 0 radical (unpaired) electrons. The van der Waals surface area contributed by atoms with Gasteiger partial charge in [-0.3, -0.25) is 0 Å². The van der Waals surface area contributed by atoms with Crippen molar-refractivity contribution in [2.24, 2.45) is 0 Å². The van der Waals surface area contributed by atoms with Crippen molar-refractivity contribution in [3.05, 3.63) is 11.6 Å². The third-order valence-corrected chi connectivity index (χ3v) is 4.11. The van der Waals surface area contributed by atoms with Crippen molar-refractivity contribution in [1.29, 1.82) is 0 Å². The number of hydrogen-bond acceptors (Lipinski definition) is 0. The summed E-state index contributed by atoms with van der Waals surface area (Å²) in [6.07, 6.45) is -10.4. The SMILES string of the molecule is CC=C(C)CCC(F)(F)C(F)(F)C(F)(F)C(F)(F)C(F)(F)C(F)(F)C(F)(F)C(F)(F)F. The molecule has 0 aliphatic carbocycles. The van der Waals surface area contributed by atoms with E-state index in [1.807, 2.05) is 0 Å². The first-order valence-corrected chi connectivity index (χ1v) is 7.54. The molecule has 0 fully saturated rings. The van der Waals surface area contributed by atoms with Gasteiger partial charge < -0.3 is 0 Å². The summed E-state index contributed by atoms with van der Waals surface area (Å²) >= 11 is 0. The molecule has 0 atom stereocenters.